The number of morpholine rings is 1. The minimum Gasteiger partial charge on any atom is -0.379 e. The molecule has 2 aliphatic rings. The number of nitrogens with zero attached hydrogens (tertiary/aromatic N) is 4. The number of hydrogen-bond donors (Lipinski definition) is 0. The quantitative estimate of drug-likeness (QED) is 0.861. The van der Waals surface area contributed by atoms with Gasteiger partial charge in [0.2, 0.25) is 0 Å². The largest absolute Gasteiger partial charge is 0.379 e. The van der Waals surface area contributed by atoms with Gasteiger partial charge in [0.15, 0.2) is 0 Å². The number of fused-ring (bicyclic) bond motifs is 1. The Balaban J connectivity index is 1.38. The van der Waals surface area contributed by atoms with Gasteiger partial charge in [-0.3, -0.25) is 9.80 Å². The molecule has 1 atom stereocenters. The molecule has 0 radical (unpaired) electrons. The number of ether oxygens (including phenoxy) is 1. The van der Waals surface area contributed by atoms with Gasteiger partial charge in [0.25, 0.3) is 0 Å². The topological polar surface area (TPSA) is 33.0 Å². The Bertz CT molecular complexity index is 677. The molecular weight excluding hydrogens is 300 g/mol. The third-order valence-electron chi connectivity index (χ3n) is 5.35. The molecule has 0 amide bonds. The molecule has 2 saturated heterocycles. The summed E-state index contributed by atoms with van der Waals surface area (Å²) in [6.07, 6.45) is 6.87. The number of hydrogen-bond acceptors (Lipinski definition) is 4. The molecule has 2 aromatic rings. The molecule has 24 heavy (non-hydrogen) atoms. The molecule has 4 heterocycles. The molecule has 5 nitrogen and oxygen atoms in total. The highest BCUT2D eigenvalue weighted by Gasteiger charge is 2.23. The molecule has 0 aromatic carbocycles. The first-order valence-electron chi connectivity index (χ1n) is 9.23. The monoisotopic (exact) mass is 328 g/mol. The molecule has 1 unspecified atom stereocenters. The zero-order valence-electron chi connectivity index (χ0n) is 14.7. The van der Waals surface area contributed by atoms with Crippen LogP contribution in [0.15, 0.2) is 24.5 Å². The number of imidazole rings is 1. The van der Waals surface area contributed by atoms with E-state index in [2.05, 4.69) is 44.4 Å². The van der Waals surface area contributed by atoms with Crippen molar-refractivity contribution in [2.24, 2.45) is 5.92 Å². The molecule has 5 heteroatoms. The maximum absolute atomic E-state index is 5.47. The van der Waals surface area contributed by atoms with Crippen LogP contribution >= 0.6 is 0 Å². The van der Waals surface area contributed by atoms with Crippen molar-refractivity contribution in [2.75, 3.05) is 45.9 Å². The second kappa shape index (κ2) is 7.21. The minimum atomic E-state index is 0.790. The van der Waals surface area contributed by atoms with Gasteiger partial charge in [-0.25, -0.2) is 4.98 Å². The lowest BCUT2D eigenvalue weighted by molar-refractivity contribution is 0.0223. The SMILES string of the molecule is Cc1ccn2c(CN3CCCC(CN4CCOCC4)C3)cnc2c1. The van der Waals surface area contributed by atoms with Gasteiger partial charge >= 0.3 is 0 Å². The first-order chi connectivity index (χ1) is 11.8. The van der Waals surface area contributed by atoms with Crippen LogP contribution in [0.3, 0.4) is 0 Å². The Morgan fingerprint density at radius 1 is 1.21 bits per heavy atom. The van der Waals surface area contributed by atoms with Crippen LogP contribution in [0, 0.1) is 12.8 Å². The molecule has 130 valence electrons. The Hall–Kier alpha value is -1.43. The number of rotatable bonds is 4. The van der Waals surface area contributed by atoms with Gasteiger partial charge in [0.05, 0.1) is 25.1 Å². The van der Waals surface area contributed by atoms with Crippen LogP contribution in [0.4, 0.5) is 0 Å². The number of likely N-dealkylation sites (tertiary alicyclic amines) is 1. The van der Waals surface area contributed by atoms with Crippen molar-refractivity contribution in [3.05, 3.63) is 35.8 Å². The lowest BCUT2D eigenvalue weighted by Gasteiger charge is -2.36. The van der Waals surface area contributed by atoms with Crippen molar-refractivity contribution >= 4 is 5.65 Å². The second-order valence-electron chi connectivity index (χ2n) is 7.34. The second-order valence-corrected chi connectivity index (χ2v) is 7.34. The summed E-state index contributed by atoms with van der Waals surface area (Å²) >= 11 is 0. The Labute approximate surface area is 144 Å². The summed E-state index contributed by atoms with van der Waals surface area (Å²) in [5.41, 5.74) is 3.63. The summed E-state index contributed by atoms with van der Waals surface area (Å²) in [4.78, 5) is 9.76. The van der Waals surface area contributed by atoms with E-state index < -0.39 is 0 Å². The lowest BCUT2D eigenvalue weighted by atomic mass is 9.97. The summed E-state index contributed by atoms with van der Waals surface area (Å²) in [7, 11) is 0. The maximum atomic E-state index is 5.47. The fourth-order valence-corrected chi connectivity index (χ4v) is 4.07. The predicted molar refractivity (Wildman–Crippen MR) is 95.2 cm³/mol. The maximum Gasteiger partial charge on any atom is 0.137 e. The molecule has 2 fully saturated rings. The predicted octanol–water partition coefficient (Wildman–Crippen LogP) is 2.19. The van der Waals surface area contributed by atoms with E-state index >= 15 is 0 Å². The van der Waals surface area contributed by atoms with Gasteiger partial charge in [-0.05, 0) is 49.9 Å². The lowest BCUT2D eigenvalue weighted by Crippen LogP contribution is -2.44. The number of aromatic nitrogens is 2. The van der Waals surface area contributed by atoms with E-state index in [0.717, 1.165) is 44.4 Å². The Morgan fingerprint density at radius 3 is 2.96 bits per heavy atom. The zero-order valence-corrected chi connectivity index (χ0v) is 14.7. The first kappa shape index (κ1) is 16.1. The summed E-state index contributed by atoms with van der Waals surface area (Å²) in [6.45, 7) is 10.8. The average molecular weight is 328 g/mol. The number of piperidine rings is 1. The molecule has 0 spiro atoms. The van der Waals surface area contributed by atoms with Crippen LogP contribution in [-0.2, 0) is 11.3 Å². The molecule has 4 rings (SSSR count). The average Bonchev–Trinajstić information content (AvgIpc) is 2.98. The van der Waals surface area contributed by atoms with Gasteiger partial charge in [0, 0.05) is 38.9 Å². The van der Waals surface area contributed by atoms with E-state index in [1.807, 2.05) is 6.20 Å². The van der Waals surface area contributed by atoms with Crippen molar-refractivity contribution in [3.63, 3.8) is 0 Å². The van der Waals surface area contributed by atoms with E-state index in [4.69, 9.17) is 4.74 Å². The molecule has 0 bridgehead atoms. The third-order valence-corrected chi connectivity index (χ3v) is 5.35. The van der Waals surface area contributed by atoms with Crippen LogP contribution < -0.4 is 0 Å². The van der Waals surface area contributed by atoms with Crippen molar-refractivity contribution in [1.29, 1.82) is 0 Å². The third kappa shape index (κ3) is 3.63. The highest BCUT2D eigenvalue weighted by Crippen LogP contribution is 2.20. The summed E-state index contributed by atoms with van der Waals surface area (Å²) in [5, 5.41) is 0. The van der Waals surface area contributed by atoms with Crippen molar-refractivity contribution in [3.8, 4) is 0 Å². The number of pyridine rings is 1. The van der Waals surface area contributed by atoms with E-state index in [0.29, 0.717) is 0 Å². The van der Waals surface area contributed by atoms with Gasteiger partial charge in [-0.15, -0.1) is 0 Å². The van der Waals surface area contributed by atoms with Crippen molar-refractivity contribution in [1.82, 2.24) is 19.2 Å². The summed E-state index contributed by atoms with van der Waals surface area (Å²) in [5.74, 6) is 0.790. The Morgan fingerprint density at radius 2 is 2.08 bits per heavy atom. The van der Waals surface area contributed by atoms with E-state index in [9.17, 15) is 0 Å². The van der Waals surface area contributed by atoms with Crippen molar-refractivity contribution in [2.45, 2.75) is 26.3 Å². The highest BCUT2D eigenvalue weighted by molar-refractivity contribution is 5.42. The Kier molecular flexibility index (Phi) is 4.83. The van der Waals surface area contributed by atoms with Gasteiger partial charge < -0.3 is 9.14 Å². The highest BCUT2D eigenvalue weighted by atomic mass is 16.5. The van der Waals surface area contributed by atoms with Crippen LogP contribution in [0.2, 0.25) is 0 Å². The van der Waals surface area contributed by atoms with Crippen LogP contribution in [0.25, 0.3) is 5.65 Å². The minimum absolute atomic E-state index is 0.790. The molecular formula is C19H28N4O. The van der Waals surface area contributed by atoms with Crippen LogP contribution in [0.1, 0.15) is 24.1 Å². The molecule has 0 N–H and O–H groups in total. The van der Waals surface area contributed by atoms with Gasteiger partial charge in [-0.1, -0.05) is 0 Å². The normalized spacial score (nSPS) is 23.8. The fraction of sp³-hybridized carbons (Fsp3) is 0.632. The number of aryl methyl sites for hydroxylation is 1. The smallest absolute Gasteiger partial charge is 0.137 e. The first-order valence-corrected chi connectivity index (χ1v) is 9.23. The molecule has 0 saturated carbocycles. The van der Waals surface area contributed by atoms with Gasteiger partial charge in [0.1, 0.15) is 5.65 Å². The standard InChI is InChI=1S/C19H28N4O/c1-16-4-6-23-18(12-20-19(23)11-16)15-22-5-2-3-17(14-22)13-21-7-9-24-10-8-21/h4,6,11-12,17H,2-3,5,7-10,13-15H2,1H3. The van der Waals surface area contributed by atoms with Crippen LogP contribution in [0.5, 0.6) is 0 Å². The molecule has 2 aliphatic heterocycles. The van der Waals surface area contributed by atoms with E-state index in [1.54, 1.807) is 0 Å². The van der Waals surface area contributed by atoms with Gasteiger partial charge in [-0.2, -0.15) is 0 Å². The summed E-state index contributed by atoms with van der Waals surface area (Å²) < 4.78 is 7.70. The fourth-order valence-electron chi connectivity index (χ4n) is 4.07. The summed E-state index contributed by atoms with van der Waals surface area (Å²) in [6, 6.07) is 4.32. The molecule has 0 aliphatic carbocycles. The van der Waals surface area contributed by atoms with Crippen molar-refractivity contribution < 1.29 is 4.74 Å². The van der Waals surface area contributed by atoms with E-state index in [-0.39, 0.29) is 0 Å². The van der Waals surface area contributed by atoms with Crippen LogP contribution in [-0.4, -0.2) is 65.1 Å². The molecule has 2 aromatic heterocycles. The van der Waals surface area contributed by atoms with E-state index in [1.165, 1.54) is 43.7 Å². The zero-order chi connectivity index (χ0) is 16.4.